The highest BCUT2D eigenvalue weighted by molar-refractivity contribution is 6.31. The summed E-state index contributed by atoms with van der Waals surface area (Å²) in [5, 5.41) is 16.7. The highest BCUT2D eigenvalue weighted by atomic mass is 35.5. The average molecular weight is 404 g/mol. The maximum Gasteiger partial charge on any atom is 0.240 e. The van der Waals surface area contributed by atoms with E-state index in [4.69, 9.17) is 16.3 Å². The van der Waals surface area contributed by atoms with Crippen LogP contribution < -0.4 is 15.5 Å². The Labute approximate surface area is 168 Å². The van der Waals surface area contributed by atoms with Gasteiger partial charge in [0.15, 0.2) is 11.5 Å². The van der Waals surface area contributed by atoms with Crippen molar-refractivity contribution in [1.29, 1.82) is 0 Å². The lowest BCUT2D eigenvalue weighted by Gasteiger charge is -2.07. The molecule has 0 aromatic heterocycles. The smallest absolute Gasteiger partial charge is 0.240 e. The Morgan fingerprint density at radius 1 is 1.18 bits per heavy atom. The number of anilines is 1. The molecular formula is C20H22ClN3O4. The number of ether oxygens (including phenoxy) is 1. The molecule has 28 heavy (non-hydrogen) atoms. The second-order valence-electron chi connectivity index (χ2n) is 5.97. The van der Waals surface area contributed by atoms with Gasteiger partial charge in [-0.3, -0.25) is 9.59 Å². The van der Waals surface area contributed by atoms with Crippen LogP contribution >= 0.6 is 11.6 Å². The highest BCUT2D eigenvalue weighted by Gasteiger charge is 2.08. The fraction of sp³-hybridized carbons (Fsp3) is 0.250. The summed E-state index contributed by atoms with van der Waals surface area (Å²) in [5.41, 5.74) is 4.50. The summed E-state index contributed by atoms with van der Waals surface area (Å²) in [6, 6.07) is 9.93. The lowest BCUT2D eigenvalue weighted by Crippen LogP contribution is -2.20. The van der Waals surface area contributed by atoms with Crippen LogP contribution in [0.5, 0.6) is 11.5 Å². The van der Waals surface area contributed by atoms with Gasteiger partial charge in [0.1, 0.15) is 0 Å². The number of amides is 2. The summed E-state index contributed by atoms with van der Waals surface area (Å²) in [7, 11) is 0. The molecule has 8 heteroatoms. The Morgan fingerprint density at radius 2 is 1.93 bits per heavy atom. The largest absolute Gasteiger partial charge is 0.504 e. The van der Waals surface area contributed by atoms with E-state index in [1.165, 1.54) is 12.3 Å². The molecule has 7 nitrogen and oxygen atoms in total. The van der Waals surface area contributed by atoms with E-state index >= 15 is 0 Å². The van der Waals surface area contributed by atoms with Gasteiger partial charge in [-0.1, -0.05) is 17.7 Å². The topological polar surface area (TPSA) is 100 Å². The molecule has 2 aromatic rings. The van der Waals surface area contributed by atoms with Crippen molar-refractivity contribution in [2.75, 3.05) is 11.9 Å². The van der Waals surface area contributed by atoms with Gasteiger partial charge < -0.3 is 15.2 Å². The van der Waals surface area contributed by atoms with Gasteiger partial charge in [0.2, 0.25) is 11.8 Å². The number of nitrogens with one attached hydrogen (secondary N) is 2. The van der Waals surface area contributed by atoms with Gasteiger partial charge in [0.25, 0.3) is 0 Å². The Bertz CT molecular complexity index is 884. The van der Waals surface area contributed by atoms with E-state index in [0.717, 1.165) is 5.56 Å². The van der Waals surface area contributed by atoms with Gasteiger partial charge in [-0.05, 0) is 55.3 Å². The molecular weight excluding hydrogens is 382 g/mol. The third-order valence-corrected chi connectivity index (χ3v) is 4.13. The van der Waals surface area contributed by atoms with Crippen molar-refractivity contribution in [2.24, 2.45) is 5.10 Å². The van der Waals surface area contributed by atoms with Crippen LogP contribution in [0.25, 0.3) is 0 Å². The molecule has 0 fully saturated rings. The maximum absolute atomic E-state index is 11.9. The van der Waals surface area contributed by atoms with Gasteiger partial charge in [0, 0.05) is 23.6 Å². The van der Waals surface area contributed by atoms with Crippen molar-refractivity contribution in [3.05, 3.63) is 52.5 Å². The highest BCUT2D eigenvalue weighted by Crippen LogP contribution is 2.26. The van der Waals surface area contributed by atoms with Crippen molar-refractivity contribution in [3.8, 4) is 11.5 Å². The standard InChI is InChI=1S/C20H22ClN3O4/c1-3-28-18-10-14(5-7-17(18)25)12-22-24-20(27)9-8-19(26)23-15-6-4-13(2)16(21)11-15/h4-7,10-12,25H,3,8-9H2,1-2H3,(H,23,26)(H,24,27). The number of aromatic hydroxyl groups is 1. The lowest BCUT2D eigenvalue weighted by atomic mass is 10.2. The van der Waals surface area contributed by atoms with E-state index in [2.05, 4.69) is 15.8 Å². The van der Waals surface area contributed by atoms with E-state index in [1.54, 1.807) is 30.3 Å². The molecule has 0 radical (unpaired) electrons. The van der Waals surface area contributed by atoms with Crippen LogP contribution in [0.2, 0.25) is 5.02 Å². The quantitative estimate of drug-likeness (QED) is 0.463. The number of benzene rings is 2. The molecule has 3 N–H and O–H groups in total. The zero-order chi connectivity index (χ0) is 20.5. The summed E-state index contributed by atoms with van der Waals surface area (Å²) in [6.07, 6.45) is 1.43. The van der Waals surface area contributed by atoms with Crippen LogP contribution in [-0.2, 0) is 9.59 Å². The predicted octanol–water partition coefficient (Wildman–Crippen LogP) is 3.62. The molecule has 0 saturated carbocycles. The molecule has 148 valence electrons. The molecule has 0 aliphatic heterocycles. The molecule has 0 bridgehead atoms. The van der Waals surface area contributed by atoms with Crippen molar-refractivity contribution < 1.29 is 19.4 Å². The van der Waals surface area contributed by atoms with E-state index in [9.17, 15) is 14.7 Å². The fourth-order valence-electron chi connectivity index (χ4n) is 2.24. The molecule has 0 unspecified atom stereocenters. The summed E-state index contributed by atoms with van der Waals surface area (Å²) >= 11 is 6.02. The molecule has 0 spiro atoms. The molecule has 0 heterocycles. The number of nitrogens with zero attached hydrogens (tertiary/aromatic N) is 1. The Kier molecular flexibility index (Phi) is 7.83. The average Bonchev–Trinajstić information content (AvgIpc) is 2.66. The lowest BCUT2D eigenvalue weighted by molar-refractivity contribution is -0.124. The minimum absolute atomic E-state index is 0.0114. The normalized spacial score (nSPS) is 10.7. The van der Waals surface area contributed by atoms with E-state index in [1.807, 2.05) is 13.8 Å². The Balaban J connectivity index is 1.79. The monoisotopic (exact) mass is 403 g/mol. The summed E-state index contributed by atoms with van der Waals surface area (Å²) in [4.78, 5) is 23.8. The van der Waals surface area contributed by atoms with E-state index < -0.39 is 5.91 Å². The first-order chi connectivity index (χ1) is 13.4. The number of carbonyl (C=O) groups is 2. The van der Waals surface area contributed by atoms with Gasteiger partial charge in [-0.15, -0.1) is 0 Å². The molecule has 2 amide bonds. The number of halogens is 1. The van der Waals surface area contributed by atoms with Gasteiger partial charge in [-0.25, -0.2) is 5.43 Å². The maximum atomic E-state index is 11.9. The molecule has 0 atom stereocenters. The molecule has 2 rings (SSSR count). The molecule has 2 aromatic carbocycles. The van der Waals surface area contributed by atoms with Crippen LogP contribution in [0.3, 0.4) is 0 Å². The Morgan fingerprint density at radius 3 is 2.64 bits per heavy atom. The first-order valence-corrected chi connectivity index (χ1v) is 9.10. The number of phenols is 1. The van der Waals surface area contributed by atoms with Crippen LogP contribution in [0, 0.1) is 6.92 Å². The third-order valence-electron chi connectivity index (χ3n) is 3.72. The number of hydrogen-bond acceptors (Lipinski definition) is 5. The zero-order valence-electron chi connectivity index (χ0n) is 15.7. The first-order valence-electron chi connectivity index (χ1n) is 8.72. The second kappa shape index (κ2) is 10.3. The van der Waals surface area contributed by atoms with Gasteiger partial charge in [-0.2, -0.15) is 5.10 Å². The van der Waals surface area contributed by atoms with Gasteiger partial charge >= 0.3 is 0 Å². The first kappa shape index (κ1) is 21.2. The fourth-order valence-corrected chi connectivity index (χ4v) is 2.42. The Hall–Kier alpha value is -3.06. The summed E-state index contributed by atoms with van der Waals surface area (Å²) in [5.74, 6) is -0.314. The minimum Gasteiger partial charge on any atom is -0.504 e. The SMILES string of the molecule is CCOc1cc(C=NNC(=O)CCC(=O)Nc2ccc(C)c(Cl)c2)ccc1O. The predicted molar refractivity (Wildman–Crippen MR) is 109 cm³/mol. The molecule has 0 aliphatic rings. The van der Waals surface area contributed by atoms with Crippen LogP contribution in [0.1, 0.15) is 30.9 Å². The number of aryl methyl sites for hydroxylation is 1. The van der Waals surface area contributed by atoms with Crippen molar-refractivity contribution >= 4 is 35.3 Å². The number of phenolic OH excluding ortho intramolecular Hbond substituents is 1. The van der Waals surface area contributed by atoms with Crippen LogP contribution in [0.4, 0.5) is 5.69 Å². The molecule has 0 aliphatic carbocycles. The summed E-state index contributed by atoms with van der Waals surface area (Å²) in [6.45, 7) is 4.10. The van der Waals surface area contributed by atoms with Crippen LogP contribution in [-0.4, -0.2) is 29.7 Å². The van der Waals surface area contributed by atoms with E-state index in [0.29, 0.717) is 28.6 Å². The number of hydrogen-bond donors (Lipinski definition) is 3. The van der Waals surface area contributed by atoms with Crippen LogP contribution in [0.15, 0.2) is 41.5 Å². The van der Waals surface area contributed by atoms with Crippen molar-refractivity contribution in [3.63, 3.8) is 0 Å². The van der Waals surface area contributed by atoms with Crippen molar-refractivity contribution in [2.45, 2.75) is 26.7 Å². The zero-order valence-corrected chi connectivity index (χ0v) is 16.4. The number of hydrazone groups is 1. The molecule has 0 saturated heterocycles. The minimum atomic E-state index is -0.392. The van der Waals surface area contributed by atoms with Gasteiger partial charge in [0.05, 0.1) is 12.8 Å². The third kappa shape index (κ3) is 6.59. The van der Waals surface area contributed by atoms with E-state index in [-0.39, 0.29) is 24.5 Å². The number of carbonyl (C=O) groups excluding carboxylic acids is 2. The van der Waals surface area contributed by atoms with Crippen molar-refractivity contribution in [1.82, 2.24) is 5.43 Å². The number of rotatable bonds is 8. The second-order valence-corrected chi connectivity index (χ2v) is 6.37. The summed E-state index contributed by atoms with van der Waals surface area (Å²) < 4.78 is 5.28.